The van der Waals surface area contributed by atoms with E-state index in [1.54, 1.807) is 44.3 Å². The lowest BCUT2D eigenvalue weighted by Gasteiger charge is -2.13. The molecule has 0 unspecified atom stereocenters. The van der Waals surface area contributed by atoms with Gasteiger partial charge in [0.05, 0.1) is 11.3 Å². The summed E-state index contributed by atoms with van der Waals surface area (Å²) in [5.74, 6) is -0.576. The van der Waals surface area contributed by atoms with Crippen molar-refractivity contribution in [3.8, 4) is 5.75 Å². The van der Waals surface area contributed by atoms with Gasteiger partial charge < -0.3 is 10.1 Å². The topological polar surface area (TPSA) is 73.2 Å². The molecule has 0 bridgehead atoms. The van der Waals surface area contributed by atoms with Crippen LogP contribution in [0.4, 0.5) is 0 Å². The molecule has 1 amide bonds. The smallest absolute Gasteiger partial charge is 0.336 e. The lowest BCUT2D eigenvalue weighted by molar-refractivity contribution is -0.128. The number of aryl methyl sites for hydroxylation is 2. The van der Waals surface area contributed by atoms with Crippen molar-refractivity contribution in [1.82, 2.24) is 15.1 Å². The Morgan fingerprint density at radius 3 is 2.67 bits per heavy atom. The molecule has 142 valence electrons. The molecule has 0 aliphatic heterocycles. The van der Waals surface area contributed by atoms with Gasteiger partial charge in [0, 0.05) is 24.7 Å². The van der Waals surface area contributed by atoms with Crippen LogP contribution in [0.5, 0.6) is 5.75 Å². The number of rotatable bonds is 5. The SMILES string of the molecule is Cc1nn(C)c(Cl)c1/C=C/C(=O)Oc1ccccc1C(=O)NC1CCCC1. The van der Waals surface area contributed by atoms with Crippen LogP contribution in [0, 0.1) is 6.92 Å². The highest BCUT2D eigenvalue weighted by molar-refractivity contribution is 6.31. The molecule has 0 radical (unpaired) electrons. The number of nitrogens with one attached hydrogen (secondary N) is 1. The molecular weight excluding hydrogens is 366 g/mol. The molecule has 0 spiro atoms. The standard InChI is InChI=1S/C20H22ClN3O3/c1-13-15(19(21)24(2)23-13)11-12-18(25)27-17-10-6-5-9-16(17)20(26)22-14-7-3-4-8-14/h5-6,9-12,14H,3-4,7-8H2,1-2H3,(H,22,26)/b12-11+. The summed E-state index contributed by atoms with van der Waals surface area (Å²) in [6.07, 6.45) is 7.07. The number of carbonyl (C=O) groups is 2. The minimum atomic E-state index is -0.588. The van der Waals surface area contributed by atoms with E-state index in [1.807, 2.05) is 0 Å². The summed E-state index contributed by atoms with van der Waals surface area (Å²) >= 11 is 6.15. The average molecular weight is 388 g/mol. The van der Waals surface area contributed by atoms with Crippen LogP contribution in [0.15, 0.2) is 30.3 Å². The summed E-state index contributed by atoms with van der Waals surface area (Å²) in [5.41, 5.74) is 1.72. The number of hydrogen-bond donors (Lipinski definition) is 1. The molecule has 2 aromatic rings. The van der Waals surface area contributed by atoms with Gasteiger partial charge in [-0.2, -0.15) is 5.10 Å². The van der Waals surface area contributed by atoms with Crippen LogP contribution < -0.4 is 10.1 Å². The predicted octanol–water partition coefficient (Wildman–Crippen LogP) is 3.67. The Kier molecular flexibility index (Phi) is 5.96. The summed E-state index contributed by atoms with van der Waals surface area (Å²) in [6.45, 7) is 1.81. The number of para-hydroxylation sites is 1. The molecule has 7 heteroatoms. The van der Waals surface area contributed by atoms with E-state index in [1.165, 1.54) is 10.8 Å². The van der Waals surface area contributed by atoms with E-state index in [2.05, 4.69) is 10.4 Å². The first-order valence-electron chi connectivity index (χ1n) is 8.94. The first-order chi connectivity index (χ1) is 13.0. The fourth-order valence-corrected chi connectivity index (χ4v) is 3.44. The molecule has 0 saturated heterocycles. The van der Waals surface area contributed by atoms with Gasteiger partial charge in [0.15, 0.2) is 0 Å². The highest BCUT2D eigenvalue weighted by Gasteiger charge is 2.20. The molecule has 1 saturated carbocycles. The predicted molar refractivity (Wildman–Crippen MR) is 104 cm³/mol. The van der Waals surface area contributed by atoms with Crippen LogP contribution in [-0.4, -0.2) is 27.7 Å². The zero-order chi connectivity index (χ0) is 19.4. The zero-order valence-corrected chi connectivity index (χ0v) is 16.1. The first kappa shape index (κ1) is 19.2. The van der Waals surface area contributed by atoms with Crippen LogP contribution in [0.2, 0.25) is 5.15 Å². The van der Waals surface area contributed by atoms with E-state index in [0.717, 1.165) is 25.7 Å². The van der Waals surface area contributed by atoms with Crippen molar-refractivity contribution in [3.63, 3.8) is 0 Å². The third kappa shape index (κ3) is 4.57. The number of benzene rings is 1. The summed E-state index contributed by atoms with van der Waals surface area (Å²) in [4.78, 5) is 24.7. The molecule has 3 rings (SSSR count). The summed E-state index contributed by atoms with van der Waals surface area (Å²) in [6, 6.07) is 6.92. The quantitative estimate of drug-likeness (QED) is 0.482. The van der Waals surface area contributed by atoms with Gasteiger partial charge in [0.1, 0.15) is 10.9 Å². The van der Waals surface area contributed by atoms with Crippen LogP contribution in [0.3, 0.4) is 0 Å². The first-order valence-corrected chi connectivity index (χ1v) is 9.32. The van der Waals surface area contributed by atoms with E-state index in [-0.39, 0.29) is 17.7 Å². The number of nitrogens with zero attached hydrogens (tertiary/aromatic N) is 2. The van der Waals surface area contributed by atoms with Gasteiger partial charge in [-0.15, -0.1) is 0 Å². The molecule has 6 nitrogen and oxygen atoms in total. The maximum atomic E-state index is 12.5. The Bertz CT molecular complexity index is 883. The van der Waals surface area contributed by atoms with Crippen molar-refractivity contribution >= 4 is 29.6 Å². The molecule has 1 N–H and O–H groups in total. The Labute approximate surface area is 163 Å². The summed E-state index contributed by atoms with van der Waals surface area (Å²) in [5, 5.41) is 7.63. The molecule has 1 aromatic heterocycles. The van der Waals surface area contributed by atoms with E-state index in [9.17, 15) is 9.59 Å². The van der Waals surface area contributed by atoms with Crippen LogP contribution in [0.25, 0.3) is 6.08 Å². The van der Waals surface area contributed by atoms with Crippen molar-refractivity contribution in [3.05, 3.63) is 52.3 Å². The number of amides is 1. The molecule has 27 heavy (non-hydrogen) atoms. The van der Waals surface area contributed by atoms with Crippen LogP contribution in [0.1, 0.15) is 47.3 Å². The van der Waals surface area contributed by atoms with E-state index in [0.29, 0.717) is 22.0 Å². The third-order valence-electron chi connectivity index (χ3n) is 4.61. The van der Waals surface area contributed by atoms with Crippen LogP contribution in [-0.2, 0) is 11.8 Å². The number of aromatic nitrogens is 2. The van der Waals surface area contributed by atoms with Gasteiger partial charge >= 0.3 is 5.97 Å². The number of ether oxygens (including phenoxy) is 1. The second-order valence-electron chi connectivity index (χ2n) is 6.62. The van der Waals surface area contributed by atoms with Crippen molar-refractivity contribution in [1.29, 1.82) is 0 Å². The summed E-state index contributed by atoms with van der Waals surface area (Å²) < 4.78 is 6.91. The number of esters is 1. The Morgan fingerprint density at radius 2 is 2.00 bits per heavy atom. The molecule has 0 atom stereocenters. The second-order valence-corrected chi connectivity index (χ2v) is 6.98. The van der Waals surface area contributed by atoms with Gasteiger partial charge in [-0.3, -0.25) is 9.48 Å². The lowest BCUT2D eigenvalue weighted by Crippen LogP contribution is -2.32. The van der Waals surface area contributed by atoms with Crippen molar-refractivity contribution in [2.24, 2.45) is 7.05 Å². The minimum Gasteiger partial charge on any atom is -0.423 e. The zero-order valence-electron chi connectivity index (χ0n) is 15.4. The normalized spacial score (nSPS) is 14.6. The average Bonchev–Trinajstić information content (AvgIpc) is 3.22. The number of halogens is 1. The highest BCUT2D eigenvalue weighted by atomic mass is 35.5. The van der Waals surface area contributed by atoms with Gasteiger partial charge in [0.2, 0.25) is 0 Å². The Hall–Kier alpha value is -2.60. The molecule has 1 fully saturated rings. The lowest BCUT2D eigenvalue weighted by atomic mass is 10.1. The Balaban J connectivity index is 1.70. The molecule has 1 heterocycles. The Morgan fingerprint density at radius 1 is 1.30 bits per heavy atom. The fourth-order valence-electron chi connectivity index (χ4n) is 3.21. The monoisotopic (exact) mass is 387 g/mol. The van der Waals surface area contributed by atoms with Gasteiger partial charge in [-0.25, -0.2) is 4.79 Å². The highest BCUT2D eigenvalue weighted by Crippen LogP contribution is 2.23. The maximum absolute atomic E-state index is 12.5. The third-order valence-corrected chi connectivity index (χ3v) is 5.06. The molecule has 1 aromatic carbocycles. The number of hydrogen-bond acceptors (Lipinski definition) is 4. The van der Waals surface area contributed by atoms with Gasteiger partial charge in [-0.1, -0.05) is 36.6 Å². The minimum absolute atomic E-state index is 0.192. The molecule has 1 aliphatic rings. The second kappa shape index (κ2) is 8.39. The van der Waals surface area contributed by atoms with Crippen molar-refractivity contribution in [2.45, 2.75) is 38.6 Å². The van der Waals surface area contributed by atoms with Gasteiger partial charge in [0.25, 0.3) is 5.91 Å². The van der Waals surface area contributed by atoms with E-state index in [4.69, 9.17) is 16.3 Å². The van der Waals surface area contributed by atoms with Gasteiger partial charge in [-0.05, 0) is 38.0 Å². The van der Waals surface area contributed by atoms with Crippen molar-refractivity contribution < 1.29 is 14.3 Å². The fraction of sp³-hybridized carbons (Fsp3) is 0.350. The van der Waals surface area contributed by atoms with E-state index < -0.39 is 5.97 Å². The molecular formula is C20H22ClN3O3. The number of carbonyl (C=O) groups excluding carboxylic acids is 2. The van der Waals surface area contributed by atoms with Crippen LogP contribution >= 0.6 is 11.6 Å². The largest absolute Gasteiger partial charge is 0.423 e. The summed E-state index contributed by atoms with van der Waals surface area (Å²) in [7, 11) is 1.73. The van der Waals surface area contributed by atoms with Crippen molar-refractivity contribution in [2.75, 3.05) is 0 Å². The maximum Gasteiger partial charge on any atom is 0.336 e. The molecule has 1 aliphatic carbocycles. The van der Waals surface area contributed by atoms with E-state index >= 15 is 0 Å².